The van der Waals surface area contributed by atoms with Crippen LogP contribution in [-0.4, -0.2) is 8.42 Å². The van der Waals surface area contributed by atoms with Gasteiger partial charge in [0.2, 0.25) is 0 Å². The van der Waals surface area contributed by atoms with Crippen LogP contribution < -0.4 is 5.73 Å². The summed E-state index contributed by atoms with van der Waals surface area (Å²) in [6.07, 6.45) is 0. The fourth-order valence-electron chi connectivity index (χ4n) is 1.81. The molecule has 100 valence electrons. The Labute approximate surface area is 121 Å². The lowest BCUT2D eigenvalue weighted by Crippen LogP contribution is -2.06. The first-order valence-electron chi connectivity index (χ1n) is 5.72. The molecule has 2 rings (SSSR count). The van der Waals surface area contributed by atoms with Gasteiger partial charge in [0.1, 0.15) is 0 Å². The second kappa shape index (κ2) is 5.35. The first-order valence-corrected chi connectivity index (χ1v) is 8.17. The van der Waals surface area contributed by atoms with E-state index in [2.05, 4.69) is 15.9 Å². The number of nitrogen functional groups attached to an aromatic ring is 1. The summed E-state index contributed by atoms with van der Waals surface area (Å²) in [5.41, 5.74) is 7.89. The van der Waals surface area contributed by atoms with Crippen LogP contribution in [0, 0.1) is 6.92 Å². The van der Waals surface area contributed by atoms with E-state index in [9.17, 15) is 8.42 Å². The van der Waals surface area contributed by atoms with Gasteiger partial charge < -0.3 is 5.73 Å². The molecule has 2 aromatic carbocycles. The van der Waals surface area contributed by atoms with Gasteiger partial charge in [-0.1, -0.05) is 24.3 Å². The summed E-state index contributed by atoms with van der Waals surface area (Å²) in [4.78, 5) is 0.335. The van der Waals surface area contributed by atoms with Crippen LogP contribution in [0.2, 0.25) is 0 Å². The molecule has 0 amide bonds. The average Bonchev–Trinajstić information content (AvgIpc) is 2.35. The fraction of sp³-hybridized carbons (Fsp3) is 0.143. The predicted molar refractivity (Wildman–Crippen MR) is 80.6 cm³/mol. The Kier molecular flexibility index (Phi) is 3.96. The fourth-order valence-corrected chi connectivity index (χ4v) is 3.87. The lowest BCUT2D eigenvalue weighted by atomic mass is 10.2. The van der Waals surface area contributed by atoms with Crippen LogP contribution in [0.15, 0.2) is 51.8 Å². The van der Waals surface area contributed by atoms with Crippen molar-refractivity contribution in [2.75, 3.05) is 5.73 Å². The molecule has 2 aromatic rings. The third kappa shape index (κ3) is 3.16. The molecule has 0 unspecified atom stereocenters. The molecule has 0 radical (unpaired) electrons. The largest absolute Gasteiger partial charge is 0.398 e. The van der Waals surface area contributed by atoms with E-state index in [0.29, 0.717) is 20.6 Å². The summed E-state index contributed by atoms with van der Waals surface area (Å²) in [7, 11) is -3.36. The van der Waals surface area contributed by atoms with Gasteiger partial charge in [0.25, 0.3) is 0 Å². The maximum Gasteiger partial charge on any atom is 0.182 e. The van der Waals surface area contributed by atoms with Crippen molar-refractivity contribution < 1.29 is 8.42 Å². The zero-order valence-corrected chi connectivity index (χ0v) is 12.8. The highest BCUT2D eigenvalue weighted by molar-refractivity contribution is 9.10. The summed E-state index contributed by atoms with van der Waals surface area (Å²) in [6, 6.07) is 12.1. The number of nitrogens with two attached hydrogens (primary N) is 1. The molecule has 19 heavy (non-hydrogen) atoms. The number of aryl methyl sites for hydroxylation is 1. The predicted octanol–water partition coefficient (Wildman–Crippen LogP) is 3.31. The first kappa shape index (κ1) is 14.1. The van der Waals surface area contributed by atoms with E-state index in [0.717, 1.165) is 5.56 Å². The zero-order valence-electron chi connectivity index (χ0n) is 10.4. The summed E-state index contributed by atoms with van der Waals surface area (Å²) in [6.45, 7) is 1.87. The summed E-state index contributed by atoms with van der Waals surface area (Å²) in [5, 5.41) is 0. The van der Waals surface area contributed by atoms with Crippen LogP contribution in [0.3, 0.4) is 0 Å². The number of rotatable bonds is 3. The molecule has 3 nitrogen and oxygen atoms in total. The van der Waals surface area contributed by atoms with E-state index in [4.69, 9.17) is 5.73 Å². The number of halogens is 1. The molecule has 0 atom stereocenters. The minimum absolute atomic E-state index is 0.0674. The van der Waals surface area contributed by atoms with Crippen molar-refractivity contribution >= 4 is 31.5 Å². The summed E-state index contributed by atoms with van der Waals surface area (Å²) < 4.78 is 25.4. The topological polar surface area (TPSA) is 60.2 Å². The molecule has 0 fully saturated rings. The molecule has 0 saturated heterocycles. The third-order valence-corrected chi connectivity index (χ3v) is 5.43. The Balaban J connectivity index is 2.39. The molecule has 5 heteroatoms. The second-order valence-electron chi connectivity index (χ2n) is 4.40. The van der Waals surface area contributed by atoms with Gasteiger partial charge >= 0.3 is 0 Å². The van der Waals surface area contributed by atoms with E-state index in [1.54, 1.807) is 36.4 Å². The van der Waals surface area contributed by atoms with Crippen LogP contribution in [0.1, 0.15) is 11.1 Å². The van der Waals surface area contributed by atoms with Crippen molar-refractivity contribution in [2.24, 2.45) is 0 Å². The standard InChI is InChI=1S/C14H14BrNO2S/c1-10-4-2-6-12(8-10)19(17,18)9-11-5-3-7-13(16)14(11)15/h2-8H,9,16H2,1H3. The molecular formula is C14H14BrNO2S. The van der Waals surface area contributed by atoms with Crippen molar-refractivity contribution in [2.45, 2.75) is 17.6 Å². The SMILES string of the molecule is Cc1cccc(S(=O)(=O)Cc2cccc(N)c2Br)c1. The monoisotopic (exact) mass is 339 g/mol. The minimum atomic E-state index is -3.36. The van der Waals surface area contributed by atoms with E-state index in [1.165, 1.54) is 0 Å². The Hall–Kier alpha value is -1.33. The lowest BCUT2D eigenvalue weighted by Gasteiger charge is -2.08. The molecule has 0 saturated carbocycles. The highest BCUT2D eigenvalue weighted by Gasteiger charge is 2.17. The van der Waals surface area contributed by atoms with Crippen LogP contribution in [0.4, 0.5) is 5.69 Å². The number of sulfone groups is 1. The molecule has 0 aliphatic rings. The second-order valence-corrected chi connectivity index (χ2v) is 7.18. The van der Waals surface area contributed by atoms with Gasteiger partial charge in [0, 0.05) is 10.2 Å². The van der Waals surface area contributed by atoms with Crippen LogP contribution >= 0.6 is 15.9 Å². The van der Waals surface area contributed by atoms with Crippen LogP contribution in [0.5, 0.6) is 0 Å². The number of hydrogen-bond donors (Lipinski definition) is 1. The Bertz CT molecular complexity index is 711. The Morgan fingerprint density at radius 1 is 1.16 bits per heavy atom. The zero-order chi connectivity index (χ0) is 14.0. The van der Waals surface area contributed by atoms with Crippen LogP contribution in [-0.2, 0) is 15.6 Å². The number of benzene rings is 2. The van der Waals surface area contributed by atoms with Crippen molar-refractivity contribution in [1.82, 2.24) is 0 Å². The minimum Gasteiger partial charge on any atom is -0.398 e. The number of hydrogen-bond acceptors (Lipinski definition) is 3. The highest BCUT2D eigenvalue weighted by atomic mass is 79.9. The average molecular weight is 340 g/mol. The van der Waals surface area contributed by atoms with Gasteiger partial charge in [-0.2, -0.15) is 0 Å². The molecule has 0 aliphatic carbocycles. The highest BCUT2D eigenvalue weighted by Crippen LogP contribution is 2.27. The smallest absolute Gasteiger partial charge is 0.182 e. The van der Waals surface area contributed by atoms with Gasteiger partial charge in [-0.3, -0.25) is 0 Å². The molecule has 0 aromatic heterocycles. The lowest BCUT2D eigenvalue weighted by molar-refractivity contribution is 0.595. The quantitative estimate of drug-likeness (QED) is 0.872. The van der Waals surface area contributed by atoms with E-state index >= 15 is 0 Å². The van der Waals surface area contributed by atoms with Crippen molar-refractivity contribution in [1.29, 1.82) is 0 Å². The van der Waals surface area contributed by atoms with Crippen LogP contribution in [0.25, 0.3) is 0 Å². The molecule has 0 spiro atoms. The van der Waals surface area contributed by atoms with Gasteiger partial charge in [-0.05, 0) is 52.2 Å². The van der Waals surface area contributed by atoms with Gasteiger partial charge in [-0.25, -0.2) is 8.42 Å². The molecule has 0 bridgehead atoms. The van der Waals surface area contributed by atoms with Crippen molar-refractivity contribution in [3.8, 4) is 0 Å². The maximum atomic E-state index is 12.4. The number of anilines is 1. The summed E-state index contributed by atoms with van der Waals surface area (Å²) >= 11 is 3.33. The van der Waals surface area contributed by atoms with Gasteiger partial charge in [-0.15, -0.1) is 0 Å². The first-order chi connectivity index (χ1) is 8.90. The van der Waals surface area contributed by atoms with Gasteiger partial charge in [0.15, 0.2) is 9.84 Å². The summed E-state index contributed by atoms with van der Waals surface area (Å²) in [5.74, 6) is -0.0674. The normalized spacial score (nSPS) is 11.5. The molecule has 0 aliphatic heterocycles. The van der Waals surface area contributed by atoms with Crippen molar-refractivity contribution in [3.05, 3.63) is 58.1 Å². The van der Waals surface area contributed by atoms with Crippen molar-refractivity contribution in [3.63, 3.8) is 0 Å². The van der Waals surface area contributed by atoms with Gasteiger partial charge in [0.05, 0.1) is 10.6 Å². The van der Waals surface area contributed by atoms with E-state index < -0.39 is 9.84 Å². The molecule has 0 heterocycles. The third-order valence-electron chi connectivity index (χ3n) is 2.80. The van der Waals surface area contributed by atoms with E-state index in [-0.39, 0.29) is 5.75 Å². The molecule has 2 N–H and O–H groups in total. The molecular weight excluding hydrogens is 326 g/mol. The maximum absolute atomic E-state index is 12.4. The Morgan fingerprint density at radius 2 is 1.84 bits per heavy atom. The van der Waals surface area contributed by atoms with E-state index in [1.807, 2.05) is 13.0 Å². The Morgan fingerprint density at radius 3 is 2.53 bits per heavy atom.